The predicted molar refractivity (Wildman–Crippen MR) is 46.0 cm³/mol. The molecule has 0 aromatic carbocycles. The average Bonchev–Trinajstić information content (AvgIpc) is 2.54. The van der Waals surface area contributed by atoms with Gasteiger partial charge in [0.25, 0.3) is 0 Å². The molecule has 2 atom stereocenters. The summed E-state index contributed by atoms with van der Waals surface area (Å²) in [5.74, 6) is 0. The van der Waals surface area contributed by atoms with Gasteiger partial charge in [0.1, 0.15) is 0 Å². The molecule has 70 valence electrons. The highest BCUT2D eigenvalue weighted by Gasteiger charge is 2.28. The van der Waals surface area contributed by atoms with Crippen molar-refractivity contribution in [2.24, 2.45) is 0 Å². The van der Waals surface area contributed by atoms with Crippen molar-refractivity contribution >= 4 is 0 Å². The van der Waals surface area contributed by atoms with Crippen LogP contribution in [0.1, 0.15) is 19.3 Å². The Labute approximate surface area is 73.3 Å². The van der Waals surface area contributed by atoms with Crippen LogP contribution in [0.5, 0.6) is 0 Å². The number of hydrogen-bond donors (Lipinski definition) is 1. The van der Waals surface area contributed by atoms with Crippen LogP contribution in [0.2, 0.25) is 0 Å². The minimum absolute atomic E-state index is 0.0437. The molecule has 1 aliphatic heterocycles. The molecule has 0 radical (unpaired) electrons. The van der Waals surface area contributed by atoms with E-state index in [1.165, 1.54) is 6.42 Å². The molecule has 3 heteroatoms. The SMILES string of the molecule is OC1CCC(N2CCOCC2)C1. The Morgan fingerprint density at radius 3 is 2.50 bits per heavy atom. The zero-order valence-electron chi connectivity index (χ0n) is 7.41. The molecule has 1 saturated heterocycles. The molecule has 1 aliphatic carbocycles. The van der Waals surface area contributed by atoms with E-state index in [-0.39, 0.29) is 6.10 Å². The Morgan fingerprint density at radius 2 is 1.92 bits per heavy atom. The summed E-state index contributed by atoms with van der Waals surface area (Å²) < 4.78 is 5.28. The van der Waals surface area contributed by atoms with Crippen molar-refractivity contribution in [1.29, 1.82) is 0 Å². The number of morpholine rings is 1. The van der Waals surface area contributed by atoms with Gasteiger partial charge in [-0.25, -0.2) is 0 Å². The number of nitrogens with zero attached hydrogens (tertiary/aromatic N) is 1. The minimum atomic E-state index is -0.0437. The molecular weight excluding hydrogens is 154 g/mol. The highest BCUT2D eigenvalue weighted by atomic mass is 16.5. The van der Waals surface area contributed by atoms with Gasteiger partial charge < -0.3 is 9.84 Å². The highest BCUT2D eigenvalue weighted by Crippen LogP contribution is 2.24. The lowest BCUT2D eigenvalue weighted by molar-refractivity contribution is 0.0152. The molecular formula is C9H17NO2. The third kappa shape index (κ3) is 1.79. The molecule has 0 spiro atoms. The van der Waals surface area contributed by atoms with E-state index in [2.05, 4.69) is 4.90 Å². The van der Waals surface area contributed by atoms with Crippen LogP contribution in [0.4, 0.5) is 0 Å². The lowest BCUT2D eigenvalue weighted by Gasteiger charge is -2.31. The summed E-state index contributed by atoms with van der Waals surface area (Å²) in [5, 5.41) is 9.37. The topological polar surface area (TPSA) is 32.7 Å². The molecule has 0 aromatic heterocycles. The molecule has 0 aromatic rings. The second-order valence-electron chi connectivity index (χ2n) is 3.77. The molecule has 1 heterocycles. The van der Waals surface area contributed by atoms with Gasteiger partial charge >= 0.3 is 0 Å². The lowest BCUT2D eigenvalue weighted by atomic mass is 10.2. The highest BCUT2D eigenvalue weighted by molar-refractivity contribution is 4.83. The molecule has 2 rings (SSSR count). The Balaban J connectivity index is 1.83. The van der Waals surface area contributed by atoms with E-state index in [1.807, 2.05) is 0 Å². The fourth-order valence-electron chi connectivity index (χ4n) is 2.21. The molecule has 2 fully saturated rings. The maximum atomic E-state index is 9.37. The van der Waals surface area contributed by atoms with Gasteiger partial charge in [0, 0.05) is 19.1 Å². The number of aliphatic hydroxyl groups is 1. The number of hydrogen-bond acceptors (Lipinski definition) is 3. The Kier molecular flexibility index (Phi) is 2.63. The summed E-state index contributed by atoms with van der Waals surface area (Å²) in [6.45, 7) is 3.84. The first-order valence-corrected chi connectivity index (χ1v) is 4.86. The molecule has 1 saturated carbocycles. The minimum Gasteiger partial charge on any atom is -0.393 e. The zero-order valence-corrected chi connectivity index (χ0v) is 7.41. The van der Waals surface area contributed by atoms with Crippen molar-refractivity contribution in [3.63, 3.8) is 0 Å². The van der Waals surface area contributed by atoms with Crippen molar-refractivity contribution in [2.75, 3.05) is 26.3 Å². The van der Waals surface area contributed by atoms with Gasteiger partial charge in [0.15, 0.2) is 0 Å². The number of aliphatic hydroxyl groups excluding tert-OH is 1. The monoisotopic (exact) mass is 171 g/mol. The van der Waals surface area contributed by atoms with Crippen LogP contribution in [-0.2, 0) is 4.74 Å². The van der Waals surface area contributed by atoms with Crippen LogP contribution in [0.3, 0.4) is 0 Å². The molecule has 0 amide bonds. The van der Waals surface area contributed by atoms with Crippen molar-refractivity contribution in [3.8, 4) is 0 Å². The van der Waals surface area contributed by atoms with E-state index in [1.54, 1.807) is 0 Å². The van der Waals surface area contributed by atoms with E-state index in [4.69, 9.17) is 4.74 Å². The first-order valence-electron chi connectivity index (χ1n) is 4.86. The Bertz CT molecular complexity index is 143. The first-order chi connectivity index (χ1) is 5.86. The smallest absolute Gasteiger partial charge is 0.0594 e. The van der Waals surface area contributed by atoms with Crippen LogP contribution < -0.4 is 0 Å². The normalized spacial score (nSPS) is 38.8. The van der Waals surface area contributed by atoms with Gasteiger partial charge in [-0.05, 0) is 19.3 Å². The lowest BCUT2D eigenvalue weighted by Crippen LogP contribution is -2.42. The third-order valence-electron chi connectivity index (χ3n) is 2.94. The van der Waals surface area contributed by atoms with Gasteiger partial charge in [-0.1, -0.05) is 0 Å². The quantitative estimate of drug-likeness (QED) is 0.613. The van der Waals surface area contributed by atoms with Crippen LogP contribution in [-0.4, -0.2) is 48.5 Å². The van der Waals surface area contributed by atoms with Crippen LogP contribution in [0, 0.1) is 0 Å². The van der Waals surface area contributed by atoms with Crippen molar-refractivity contribution in [1.82, 2.24) is 4.90 Å². The molecule has 3 nitrogen and oxygen atoms in total. The number of ether oxygens (including phenoxy) is 1. The third-order valence-corrected chi connectivity index (χ3v) is 2.94. The molecule has 0 bridgehead atoms. The van der Waals surface area contributed by atoms with Crippen molar-refractivity contribution < 1.29 is 9.84 Å². The van der Waals surface area contributed by atoms with Crippen molar-refractivity contribution in [3.05, 3.63) is 0 Å². The maximum absolute atomic E-state index is 9.37. The summed E-state index contributed by atoms with van der Waals surface area (Å²) in [6.07, 6.45) is 3.08. The molecule has 2 unspecified atom stereocenters. The van der Waals surface area contributed by atoms with Gasteiger partial charge in [-0.15, -0.1) is 0 Å². The second-order valence-corrected chi connectivity index (χ2v) is 3.77. The van der Waals surface area contributed by atoms with Crippen LogP contribution in [0.15, 0.2) is 0 Å². The first kappa shape index (κ1) is 8.48. The maximum Gasteiger partial charge on any atom is 0.0594 e. The van der Waals surface area contributed by atoms with Crippen LogP contribution >= 0.6 is 0 Å². The van der Waals surface area contributed by atoms with E-state index in [0.29, 0.717) is 6.04 Å². The number of rotatable bonds is 1. The van der Waals surface area contributed by atoms with E-state index in [9.17, 15) is 5.11 Å². The summed E-state index contributed by atoms with van der Waals surface area (Å²) in [6, 6.07) is 0.629. The van der Waals surface area contributed by atoms with E-state index < -0.39 is 0 Å². The van der Waals surface area contributed by atoms with E-state index in [0.717, 1.165) is 39.1 Å². The summed E-state index contributed by atoms with van der Waals surface area (Å²) >= 11 is 0. The fraction of sp³-hybridized carbons (Fsp3) is 1.00. The average molecular weight is 171 g/mol. The fourth-order valence-corrected chi connectivity index (χ4v) is 2.21. The zero-order chi connectivity index (χ0) is 8.39. The molecule has 2 aliphatic rings. The van der Waals surface area contributed by atoms with Gasteiger partial charge in [0.2, 0.25) is 0 Å². The Hall–Kier alpha value is -0.120. The summed E-state index contributed by atoms with van der Waals surface area (Å²) in [5.41, 5.74) is 0. The van der Waals surface area contributed by atoms with Crippen LogP contribution in [0.25, 0.3) is 0 Å². The molecule has 12 heavy (non-hydrogen) atoms. The van der Waals surface area contributed by atoms with Gasteiger partial charge in [-0.2, -0.15) is 0 Å². The molecule has 1 N–H and O–H groups in total. The second kappa shape index (κ2) is 3.73. The largest absolute Gasteiger partial charge is 0.393 e. The predicted octanol–water partition coefficient (Wildman–Crippen LogP) is 0.232. The summed E-state index contributed by atoms with van der Waals surface area (Å²) in [4.78, 5) is 2.46. The Morgan fingerprint density at radius 1 is 1.17 bits per heavy atom. The van der Waals surface area contributed by atoms with Gasteiger partial charge in [-0.3, -0.25) is 4.90 Å². The van der Waals surface area contributed by atoms with Crippen molar-refractivity contribution in [2.45, 2.75) is 31.4 Å². The summed E-state index contributed by atoms with van der Waals surface area (Å²) in [7, 11) is 0. The standard InChI is InChI=1S/C9H17NO2/c11-9-2-1-8(7-9)10-3-5-12-6-4-10/h8-9,11H,1-7H2. The van der Waals surface area contributed by atoms with Gasteiger partial charge in [0.05, 0.1) is 19.3 Å². The van der Waals surface area contributed by atoms with E-state index >= 15 is 0 Å².